The fourth-order valence-corrected chi connectivity index (χ4v) is 3.41. The van der Waals surface area contributed by atoms with Crippen LogP contribution in [-0.2, 0) is 9.53 Å². The number of hydrogen-bond acceptors (Lipinski definition) is 2. The smallest absolute Gasteiger partial charge is 0.337 e. The lowest BCUT2D eigenvalue weighted by atomic mass is 9.71. The monoisotopic (exact) mass is 268 g/mol. The van der Waals surface area contributed by atoms with Gasteiger partial charge in [0.05, 0.1) is 12.7 Å². The van der Waals surface area contributed by atoms with E-state index in [0.717, 1.165) is 36.8 Å². The van der Waals surface area contributed by atoms with E-state index in [4.69, 9.17) is 4.74 Å². The second-order valence-corrected chi connectivity index (χ2v) is 5.51. The van der Waals surface area contributed by atoms with E-state index in [0.29, 0.717) is 11.8 Å². The summed E-state index contributed by atoms with van der Waals surface area (Å²) in [6, 6.07) is 0. The number of hydrogen-bond donors (Lipinski definition) is 0. The van der Waals surface area contributed by atoms with Gasteiger partial charge in [0.2, 0.25) is 0 Å². The third-order valence-electron chi connectivity index (χ3n) is 4.38. The normalized spacial score (nSPS) is 28.1. The molecule has 3 aliphatic carbocycles. The molecule has 104 valence electrons. The molecule has 2 atom stereocenters. The number of ether oxygens (including phenoxy) is 1. The summed E-state index contributed by atoms with van der Waals surface area (Å²) < 4.78 is 4.95. The standard InChI is InChI=1S/C18H20O2/c1-20-18(19)17-11-5-4-10-16(17)15-12-6-8-13-7-2-3-9-14(13)15/h2,6-8,10-12,14-15H,3-5,9H2,1H3. The lowest BCUT2D eigenvalue weighted by Gasteiger charge is -2.33. The van der Waals surface area contributed by atoms with Crippen LogP contribution in [0.15, 0.2) is 59.3 Å². The Morgan fingerprint density at radius 2 is 2.10 bits per heavy atom. The Labute approximate surface area is 120 Å². The number of fused-ring (bicyclic) bond motifs is 1. The van der Waals surface area contributed by atoms with Crippen molar-refractivity contribution in [1.29, 1.82) is 0 Å². The summed E-state index contributed by atoms with van der Waals surface area (Å²) in [5, 5.41) is 0. The van der Waals surface area contributed by atoms with Gasteiger partial charge in [0.1, 0.15) is 0 Å². The molecule has 20 heavy (non-hydrogen) atoms. The Balaban J connectivity index is 1.92. The fourth-order valence-electron chi connectivity index (χ4n) is 3.41. The molecule has 3 rings (SSSR count). The number of methoxy groups -OCH3 is 1. The Bertz CT molecular complexity index is 558. The Kier molecular flexibility index (Phi) is 3.72. The maximum atomic E-state index is 12.0. The molecular weight excluding hydrogens is 248 g/mol. The lowest BCUT2D eigenvalue weighted by Crippen LogP contribution is -2.24. The first-order chi connectivity index (χ1) is 9.81. The highest BCUT2D eigenvalue weighted by molar-refractivity contribution is 5.94. The molecule has 0 aliphatic heterocycles. The van der Waals surface area contributed by atoms with Crippen molar-refractivity contribution in [3.63, 3.8) is 0 Å². The molecule has 0 heterocycles. The number of carbonyl (C=O) groups excluding carboxylic acids is 1. The maximum Gasteiger partial charge on any atom is 0.337 e. The van der Waals surface area contributed by atoms with E-state index in [1.807, 2.05) is 6.08 Å². The van der Waals surface area contributed by atoms with Gasteiger partial charge in [-0.25, -0.2) is 4.79 Å². The summed E-state index contributed by atoms with van der Waals surface area (Å²) in [7, 11) is 1.46. The molecule has 0 spiro atoms. The van der Waals surface area contributed by atoms with E-state index < -0.39 is 0 Å². The summed E-state index contributed by atoms with van der Waals surface area (Å²) >= 11 is 0. The Morgan fingerprint density at radius 3 is 2.95 bits per heavy atom. The van der Waals surface area contributed by atoms with Crippen LogP contribution >= 0.6 is 0 Å². The Morgan fingerprint density at radius 1 is 1.25 bits per heavy atom. The summed E-state index contributed by atoms with van der Waals surface area (Å²) in [6.45, 7) is 0. The summed E-state index contributed by atoms with van der Waals surface area (Å²) in [5.74, 6) is 0.611. The van der Waals surface area contributed by atoms with Crippen LogP contribution in [0.4, 0.5) is 0 Å². The number of esters is 1. The molecule has 0 N–H and O–H groups in total. The van der Waals surface area contributed by atoms with Gasteiger partial charge < -0.3 is 4.74 Å². The van der Waals surface area contributed by atoms with Crippen LogP contribution in [-0.4, -0.2) is 13.1 Å². The van der Waals surface area contributed by atoms with E-state index >= 15 is 0 Å². The number of allylic oxidation sites excluding steroid dienone is 8. The van der Waals surface area contributed by atoms with Crippen LogP contribution in [0.2, 0.25) is 0 Å². The highest BCUT2D eigenvalue weighted by atomic mass is 16.5. The van der Waals surface area contributed by atoms with Crippen molar-refractivity contribution >= 4 is 5.97 Å². The van der Waals surface area contributed by atoms with Crippen molar-refractivity contribution < 1.29 is 9.53 Å². The van der Waals surface area contributed by atoms with Crippen LogP contribution < -0.4 is 0 Å². The zero-order valence-electron chi connectivity index (χ0n) is 11.8. The number of carbonyl (C=O) groups is 1. The van der Waals surface area contributed by atoms with Crippen LogP contribution in [0.1, 0.15) is 25.7 Å². The quantitative estimate of drug-likeness (QED) is 0.710. The van der Waals surface area contributed by atoms with Crippen LogP contribution in [0.25, 0.3) is 0 Å². The largest absolute Gasteiger partial charge is 0.465 e. The van der Waals surface area contributed by atoms with Crippen molar-refractivity contribution in [3.05, 3.63) is 59.3 Å². The average Bonchev–Trinajstić information content (AvgIpc) is 2.53. The van der Waals surface area contributed by atoms with Gasteiger partial charge >= 0.3 is 5.97 Å². The van der Waals surface area contributed by atoms with Gasteiger partial charge in [0, 0.05) is 5.92 Å². The molecule has 0 radical (unpaired) electrons. The minimum Gasteiger partial charge on any atom is -0.465 e. The van der Waals surface area contributed by atoms with E-state index in [1.54, 1.807) is 0 Å². The van der Waals surface area contributed by atoms with E-state index in [-0.39, 0.29) is 5.97 Å². The molecule has 0 aromatic heterocycles. The molecule has 3 aliphatic rings. The second-order valence-electron chi connectivity index (χ2n) is 5.51. The minimum absolute atomic E-state index is 0.202. The van der Waals surface area contributed by atoms with E-state index in [2.05, 4.69) is 36.5 Å². The Hall–Kier alpha value is -1.83. The molecule has 0 amide bonds. The number of rotatable bonds is 2. The zero-order valence-corrected chi connectivity index (χ0v) is 11.8. The molecule has 2 unspecified atom stereocenters. The predicted octanol–water partition coefficient (Wildman–Crippen LogP) is 3.88. The van der Waals surface area contributed by atoms with Crippen molar-refractivity contribution in [1.82, 2.24) is 0 Å². The topological polar surface area (TPSA) is 26.3 Å². The first-order valence-electron chi connectivity index (χ1n) is 7.35. The molecule has 2 heteroatoms. The van der Waals surface area contributed by atoms with Gasteiger partial charge in [-0.2, -0.15) is 0 Å². The highest BCUT2D eigenvalue weighted by Crippen LogP contribution is 2.41. The predicted molar refractivity (Wildman–Crippen MR) is 80.0 cm³/mol. The first-order valence-corrected chi connectivity index (χ1v) is 7.35. The van der Waals surface area contributed by atoms with Crippen molar-refractivity contribution in [3.8, 4) is 0 Å². The highest BCUT2D eigenvalue weighted by Gasteiger charge is 2.32. The third-order valence-corrected chi connectivity index (χ3v) is 4.38. The molecule has 0 fully saturated rings. The molecular formula is C18H20O2. The molecule has 0 bridgehead atoms. The SMILES string of the molecule is COC(=O)C1=CCCC=C1C1C=CC=C2C=CCCC21. The summed E-state index contributed by atoms with van der Waals surface area (Å²) in [6.07, 6.45) is 19.5. The van der Waals surface area contributed by atoms with Crippen LogP contribution in [0, 0.1) is 11.8 Å². The van der Waals surface area contributed by atoms with Crippen LogP contribution in [0.5, 0.6) is 0 Å². The van der Waals surface area contributed by atoms with Crippen molar-refractivity contribution in [2.24, 2.45) is 11.8 Å². The van der Waals surface area contributed by atoms with Crippen molar-refractivity contribution in [2.75, 3.05) is 7.11 Å². The van der Waals surface area contributed by atoms with Crippen LogP contribution in [0.3, 0.4) is 0 Å². The summed E-state index contributed by atoms with van der Waals surface area (Å²) in [4.78, 5) is 12.0. The van der Waals surface area contributed by atoms with E-state index in [9.17, 15) is 4.79 Å². The maximum absolute atomic E-state index is 12.0. The molecule has 0 saturated carbocycles. The van der Waals surface area contributed by atoms with Gasteiger partial charge in [0.25, 0.3) is 0 Å². The first kappa shape index (κ1) is 13.2. The third kappa shape index (κ3) is 2.31. The molecule has 0 saturated heterocycles. The minimum atomic E-state index is -0.202. The van der Waals surface area contributed by atoms with Gasteiger partial charge in [-0.05, 0) is 42.7 Å². The molecule has 2 nitrogen and oxygen atoms in total. The van der Waals surface area contributed by atoms with Gasteiger partial charge in [-0.1, -0.05) is 42.5 Å². The van der Waals surface area contributed by atoms with Crippen molar-refractivity contribution in [2.45, 2.75) is 25.7 Å². The molecule has 0 aromatic carbocycles. The zero-order chi connectivity index (χ0) is 13.9. The van der Waals surface area contributed by atoms with Gasteiger partial charge in [0.15, 0.2) is 0 Å². The summed E-state index contributed by atoms with van der Waals surface area (Å²) in [5.41, 5.74) is 3.31. The van der Waals surface area contributed by atoms with Gasteiger partial charge in [-0.3, -0.25) is 0 Å². The van der Waals surface area contributed by atoms with E-state index in [1.165, 1.54) is 12.7 Å². The van der Waals surface area contributed by atoms with Gasteiger partial charge in [-0.15, -0.1) is 0 Å². The fraction of sp³-hybridized carbons (Fsp3) is 0.389. The second kappa shape index (κ2) is 5.66. The lowest BCUT2D eigenvalue weighted by molar-refractivity contribution is -0.135. The molecule has 0 aromatic rings. The average molecular weight is 268 g/mol.